The highest BCUT2D eigenvalue weighted by Gasteiger charge is 2.31. The molecular weight excluding hydrogens is 404 g/mol. The van der Waals surface area contributed by atoms with E-state index in [1.165, 1.54) is 0 Å². The molecule has 1 aromatic heterocycles. The first-order chi connectivity index (χ1) is 14.0. The van der Waals surface area contributed by atoms with Crippen LogP contribution in [0.5, 0.6) is 0 Å². The van der Waals surface area contributed by atoms with Crippen molar-refractivity contribution < 1.29 is 13.0 Å². The predicted octanol–water partition coefficient (Wildman–Crippen LogP) is 5.27. The van der Waals surface area contributed by atoms with Crippen molar-refractivity contribution in [1.82, 2.24) is 4.98 Å². The van der Waals surface area contributed by atoms with Gasteiger partial charge in [0, 0.05) is 22.5 Å². The highest BCUT2D eigenvalue weighted by Crippen LogP contribution is 2.48. The Morgan fingerprint density at radius 3 is 2.21 bits per heavy atom. The van der Waals surface area contributed by atoms with Crippen LogP contribution in [-0.4, -0.2) is 24.5 Å². The Kier molecular flexibility index (Phi) is 5.63. The van der Waals surface area contributed by atoms with Gasteiger partial charge in [0.2, 0.25) is 0 Å². The van der Waals surface area contributed by atoms with Crippen molar-refractivity contribution in [2.75, 3.05) is 11.4 Å². The second kappa shape index (κ2) is 8.18. The molecule has 1 unspecified atom stereocenters. The van der Waals surface area contributed by atoms with E-state index in [9.17, 15) is 13.0 Å². The number of hydrogen-bond donors (Lipinski definition) is 1. The van der Waals surface area contributed by atoms with Gasteiger partial charge in [0.1, 0.15) is 5.25 Å². The zero-order valence-electron chi connectivity index (χ0n) is 16.0. The quantitative estimate of drug-likeness (QED) is 0.542. The van der Waals surface area contributed by atoms with E-state index >= 15 is 0 Å². The van der Waals surface area contributed by atoms with E-state index in [2.05, 4.69) is 22.0 Å². The molecule has 0 amide bonds. The molecule has 1 atom stereocenters. The van der Waals surface area contributed by atoms with Crippen molar-refractivity contribution in [1.29, 1.82) is 0 Å². The summed E-state index contributed by atoms with van der Waals surface area (Å²) in [5.41, 5.74) is 3.36. The van der Waals surface area contributed by atoms with Crippen LogP contribution in [0.3, 0.4) is 0 Å². The molecule has 0 spiro atoms. The van der Waals surface area contributed by atoms with E-state index in [1.54, 1.807) is 24.0 Å². The lowest BCUT2D eigenvalue weighted by atomic mass is 10.1. The summed E-state index contributed by atoms with van der Waals surface area (Å²) in [5, 5.41) is -1.06. The number of fused-ring (bicyclic) bond motifs is 2. The lowest BCUT2D eigenvalue weighted by Crippen LogP contribution is -2.26. The third-order valence-electron chi connectivity index (χ3n) is 5.12. The van der Waals surface area contributed by atoms with Crippen molar-refractivity contribution in [2.45, 2.75) is 34.8 Å². The van der Waals surface area contributed by atoms with Gasteiger partial charge >= 0.3 is 0 Å². The molecular formula is C22H22N2O3S2. The lowest BCUT2D eigenvalue weighted by Gasteiger charge is -2.33. The fourth-order valence-corrected chi connectivity index (χ4v) is 5.73. The third-order valence-corrected chi connectivity index (χ3v) is 7.43. The second-order valence-corrected chi connectivity index (χ2v) is 9.57. The molecule has 3 aromatic rings. The van der Waals surface area contributed by atoms with Crippen molar-refractivity contribution in [3.63, 3.8) is 0 Å². The average molecular weight is 427 g/mol. The molecule has 0 radical (unpaired) electrons. The molecule has 1 N–H and O–H groups in total. The van der Waals surface area contributed by atoms with Gasteiger partial charge in [-0.3, -0.25) is 9.54 Å². The first kappa shape index (κ1) is 19.9. The highest BCUT2D eigenvalue weighted by molar-refractivity contribution is 7.99. The Hall–Kier alpha value is -2.35. The third kappa shape index (κ3) is 4.03. The Balaban J connectivity index is 1.70. The Labute approximate surface area is 175 Å². The molecule has 7 heteroatoms. The van der Waals surface area contributed by atoms with Crippen LogP contribution >= 0.6 is 11.8 Å². The monoisotopic (exact) mass is 426 g/mol. The second-order valence-electron chi connectivity index (χ2n) is 6.88. The van der Waals surface area contributed by atoms with Gasteiger partial charge in [-0.15, -0.1) is 0 Å². The van der Waals surface area contributed by atoms with E-state index in [-0.39, 0.29) is 6.42 Å². The number of aryl methyl sites for hydroxylation is 1. The summed E-state index contributed by atoms with van der Waals surface area (Å²) in [6.07, 6.45) is 2.46. The molecule has 0 fully saturated rings. The smallest absolute Gasteiger partial charge is 0.273 e. The Morgan fingerprint density at radius 1 is 1.00 bits per heavy atom. The molecule has 2 aromatic carbocycles. The lowest BCUT2D eigenvalue weighted by molar-refractivity contribution is 0.462. The van der Waals surface area contributed by atoms with Crippen molar-refractivity contribution in [2.24, 2.45) is 0 Å². The zero-order valence-corrected chi connectivity index (χ0v) is 17.7. The van der Waals surface area contributed by atoms with Crippen molar-refractivity contribution in [3.05, 3.63) is 78.1 Å². The van der Waals surface area contributed by atoms with Crippen LogP contribution in [0.4, 0.5) is 11.4 Å². The van der Waals surface area contributed by atoms with Crippen LogP contribution in [0, 0.1) is 0 Å². The number of nitrogens with zero attached hydrogens (tertiary/aromatic N) is 2. The van der Waals surface area contributed by atoms with Gasteiger partial charge in [0.05, 0.1) is 17.1 Å². The van der Waals surface area contributed by atoms with Crippen LogP contribution in [0.1, 0.15) is 29.9 Å². The maximum atomic E-state index is 12.3. The minimum Gasteiger partial charge on any atom is -0.340 e. The normalized spacial score (nSPS) is 14.2. The number of anilines is 2. The molecule has 0 aliphatic carbocycles. The van der Waals surface area contributed by atoms with E-state index < -0.39 is 15.4 Å². The number of para-hydroxylation sites is 2. The molecule has 5 nitrogen and oxygen atoms in total. The summed E-state index contributed by atoms with van der Waals surface area (Å²) in [4.78, 5) is 8.69. The number of pyridine rings is 1. The zero-order chi connectivity index (χ0) is 20.4. The van der Waals surface area contributed by atoms with Crippen molar-refractivity contribution >= 4 is 33.3 Å². The molecule has 1 aliphatic rings. The summed E-state index contributed by atoms with van der Waals surface area (Å²) in [6, 6.07) is 19.8. The van der Waals surface area contributed by atoms with E-state index in [0.29, 0.717) is 18.7 Å². The fraction of sp³-hybridized carbons (Fsp3) is 0.227. The van der Waals surface area contributed by atoms with Crippen LogP contribution < -0.4 is 4.90 Å². The Morgan fingerprint density at radius 2 is 1.62 bits per heavy atom. The van der Waals surface area contributed by atoms with Gasteiger partial charge in [-0.1, -0.05) is 49.0 Å². The average Bonchev–Trinajstić information content (AvgIpc) is 2.72. The summed E-state index contributed by atoms with van der Waals surface area (Å²) in [6.45, 7) is 2.40. The maximum absolute atomic E-state index is 12.3. The largest absolute Gasteiger partial charge is 0.340 e. The highest BCUT2D eigenvalue weighted by atomic mass is 32.2. The van der Waals surface area contributed by atoms with E-state index in [4.69, 9.17) is 0 Å². The standard InChI is InChI=1S/C22H22N2O3S2/c1-2-16-8-7-14-23-22(16)21(29(25,26)27)13-15-24-17-9-3-5-11-19(17)28-20-12-6-4-10-18(20)24/h3-12,14,21H,2,13,15H2,1H3,(H,25,26,27). The van der Waals surface area contributed by atoms with Crippen molar-refractivity contribution in [3.8, 4) is 0 Å². The van der Waals surface area contributed by atoms with Crippen LogP contribution in [0.15, 0.2) is 76.7 Å². The predicted molar refractivity (Wildman–Crippen MR) is 117 cm³/mol. The van der Waals surface area contributed by atoms with Gasteiger partial charge in [0.15, 0.2) is 0 Å². The summed E-state index contributed by atoms with van der Waals surface area (Å²) >= 11 is 1.71. The molecule has 0 saturated carbocycles. The minimum absolute atomic E-state index is 0.232. The molecule has 0 saturated heterocycles. The molecule has 4 rings (SSSR count). The first-order valence-corrected chi connectivity index (χ1v) is 11.8. The van der Waals surface area contributed by atoms with Crippen LogP contribution in [0.25, 0.3) is 0 Å². The molecule has 2 heterocycles. The molecule has 29 heavy (non-hydrogen) atoms. The topological polar surface area (TPSA) is 70.5 Å². The van der Waals surface area contributed by atoms with E-state index in [1.807, 2.05) is 49.4 Å². The van der Waals surface area contributed by atoms with Gasteiger partial charge in [-0.25, -0.2) is 0 Å². The number of aromatic nitrogens is 1. The van der Waals surface area contributed by atoms with Crippen LogP contribution in [0.2, 0.25) is 0 Å². The Bertz CT molecular complexity index is 1090. The molecule has 0 bridgehead atoms. The SMILES string of the molecule is CCc1cccnc1C(CCN1c2ccccc2Sc2ccccc21)S(=O)(=O)O. The fourth-order valence-electron chi connectivity index (χ4n) is 3.73. The number of benzene rings is 2. The van der Waals surface area contributed by atoms with E-state index in [0.717, 1.165) is 26.7 Å². The molecule has 150 valence electrons. The number of hydrogen-bond acceptors (Lipinski definition) is 5. The summed E-state index contributed by atoms with van der Waals surface area (Å²) in [7, 11) is -4.30. The van der Waals surface area contributed by atoms with Gasteiger partial charge in [0.25, 0.3) is 10.1 Å². The summed E-state index contributed by atoms with van der Waals surface area (Å²) < 4.78 is 34.5. The molecule has 1 aliphatic heterocycles. The number of rotatable bonds is 6. The van der Waals surface area contributed by atoms with Gasteiger partial charge in [-0.2, -0.15) is 8.42 Å². The minimum atomic E-state index is -4.30. The summed E-state index contributed by atoms with van der Waals surface area (Å²) in [5.74, 6) is 0. The van der Waals surface area contributed by atoms with Gasteiger partial charge < -0.3 is 4.90 Å². The first-order valence-electron chi connectivity index (χ1n) is 9.52. The van der Waals surface area contributed by atoms with Gasteiger partial charge in [-0.05, 0) is 48.7 Å². The van der Waals surface area contributed by atoms with Crippen LogP contribution in [-0.2, 0) is 16.5 Å². The maximum Gasteiger partial charge on any atom is 0.273 e.